The number of aromatic nitrogens is 2. The summed E-state index contributed by atoms with van der Waals surface area (Å²) in [7, 11) is 0. The number of nitrogen functional groups attached to an aromatic ring is 1. The van der Waals surface area contributed by atoms with E-state index >= 15 is 0 Å². The third kappa shape index (κ3) is 3.49. The van der Waals surface area contributed by atoms with E-state index in [1.54, 1.807) is 6.20 Å². The highest BCUT2D eigenvalue weighted by molar-refractivity contribution is 9.10. The predicted molar refractivity (Wildman–Crippen MR) is 73.9 cm³/mol. The van der Waals surface area contributed by atoms with Crippen molar-refractivity contribution in [1.29, 1.82) is 0 Å². The minimum Gasteiger partial charge on any atom is -0.397 e. The minimum absolute atomic E-state index is 0.771. The van der Waals surface area contributed by atoms with Gasteiger partial charge >= 0.3 is 0 Å². The molecule has 1 aromatic carbocycles. The van der Waals surface area contributed by atoms with Crippen LogP contribution in [0.1, 0.15) is 6.42 Å². The number of hydrogen-bond acceptors (Lipinski definition) is 3. The Balaban J connectivity index is 1.80. The molecule has 0 spiro atoms. The van der Waals surface area contributed by atoms with Gasteiger partial charge in [0.2, 0.25) is 0 Å². The monoisotopic (exact) mass is 294 g/mol. The lowest BCUT2D eigenvalue weighted by molar-refractivity contribution is 0.592. The number of nitrogens with zero attached hydrogens (tertiary/aromatic N) is 2. The van der Waals surface area contributed by atoms with Crippen LogP contribution in [0.5, 0.6) is 0 Å². The molecule has 4 nitrogen and oxygen atoms in total. The number of benzene rings is 1. The van der Waals surface area contributed by atoms with Crippen LogP contribution in [-0.2, 0) is 6.54 Å². The molecular weight excluding hydrogens is 280 g/mol. The van der Waals surface area contributed by atoms with Crippen LogP contribution in [0.3, 0.4) is 0 Å². The molecule has 1 heterocycles. The van der Waals surface area contributed by atoms with Gasteiger partial charge in [0, 0.05) is 30.0 Å². The van der Waals surface area contributed by atoms with E-state index in [4.69, 9.17) is 5.73 Å². The molecule has 0 aliphatic rings. The molecule has 0 saturated carbocycles. The van der Waals surface area contributed by atoms with Crippen molar-refractivity contribution in [3.05, 3.63) is 41.1 Å². The lowest BCUT2D eigenvalue weighted by Gasteiger charge is -2.09. The molecule has 1 aromatic heterocycles. The molecule has 0 saturated heterocycles. The molecule has 0 aliphatic heterocycles. The molecule has 0 atom stereocenters. The zero-order chi connectivity index (χ0) is 12.1. The second-order valence-corrected chi connectivity index (χ2v) is 4.70. The Kier molecular flexibility index (Phi) is 4.03. The van der Waals surface area contributed by atoms with Crippen molar-refractivity contribution >= 4 is 27.3 Å². The van der Waals surface area contributed by atoms with E-state index in [0.29, 0.717) is 0 Å². The molecule has 2 aromatic rings. The smallest absolute Gasteiger partial charge is 0.0585 e. The second kappa shape index (κ2) is 5.72. The molecule has 2 rings (SSSR count). The first-order valence-corrected chi connectivity index (χ1v) is 6.31. The Bertz CT molecular complexity index is 467. The number of hydrogen-bond donors (Lipinski definition) is 2. The maximum absolute atomic E-state index is 5.87. The molecular formula is C12H15BrN4. The number of rotatable bonds is 5. The number of halogens is 1. The van der Waals surface area contributed by atoms with Crippen LogP contribution in [0.15, 0.2) is 41.1 Å². The Morgan fingerprint density at radius 3 is 3.06 bits per heavy atom. The van der Waals surface area contributed by atoms with Gasteiger partial charge in [0.1, 0.15) is 0 Å². The van der Waals surface area contributed by atoms with Crippen LogP contribution in [0.25, 0.3) is 0 Å². The number of nitrogens with two attached hydrogens (primary N) is 1. The normalized spacial score (nSPS) is 10.4. The number of aryl methyl sites for hydroxylation is 1. The summed E-state index contributed by atoms with van der Waals surface area (Å²) in [6.07, 6.45) is 4.76. The van der Waals surface area contributed by atoms with E-state index in [1.165, 1.54) is 0 Å². The molecule has 17 heavy (non-hydrogen) atoms. The summed E-state index contributed by atoms with van der Waals surface area (Å²) in [5.74, 6) is 0. The summed E-state index contributed by atoms with van der Waals surface area (Å²) in [4.78, 5) is 0. The topological polar surface area (TPSA) is 55.9 Å². The van der Waals surface area contributed by atoms with E-state index in [2.05, 4.69) is 26.3 Å². The fourth-order valence-corrected chi connectivity index (χ4v) is 1.94. The summed E-state index contributed by atoms with van der Waals surface area (Å²) in [5, 5.41) is 7.47. The van der Waals surface area contributed by atoms with E-state index in [1.807, 2.05) is 35.1 Å². The van der Waals surface area contributed by atoms with Crippen molar-refractivity contribution in [3.8, 4) is 0 Å². The van der Waals surface area contributed by atoms with E-state index in [9.17, 15) is 0 Å². The summed E-state index contributed by atoms with van der Waals surface area (Å²) in [6.45, 7) is 1.79. The Hall–Kier alpha value is -1.49. The summed E-state index contributed by atoms with van der Waals surface area (Å²) in [5.41, 5.74) is 7.61. The Morgan fingerprint density at radius 1 is 1.41 bits per heavy atom. The lowest BCUT2D eigenvalue weighted by atomic mass is 10.2. The van der Waals surface area contributed by atoms with Crippen LogP contribution in [0.4, 0.5) is 11.4 Å². The standard InChI is InChI=1S/C12H15BrN4/c13-10-3-4-11(14)12(9-10)15-5-1-7-17-8-2-6-16-17/h2-4,6,8-9,15H,1,5,7,14H2. The Labute approximate surface area is 109 Å². The van der Waals surface area contributed by atoms with Crippen molar-refractivity contribution in [3.63, 3.8) is 0 Å². The minimum atomic E-state index is 0.771. The van der Waals surface area contributed by atoms with Crippen molar-refractivity contribution in [2.45, 2.75) is 13.0 Å². The lowest BCUT2D eigenvalue weighted by Crippen LogP contribution is -2.08. The Morgan fingerprint density at radius 2 is 2.29 bits per heavy atom. The largest absolute Gasteiger partial charge is 0.397 e. The average Bonchev–Trinajstić information content (AvgIpc) is 2.82. The molecule has 0 bridgehead atoms. The molecule has 0 radical (unpaired) electrons. The van der Waals surface area contributed by atoms with Gasteiger partial charge in [-0.25, -0.2) is 0 Å². The molecule has 5 heteroatoms. The molecule has 90 valence electrons. The third-order valence-corrected chi connectivity index (χ3v) is 2.95. The maximum atomic E-state index is 5.87. The molecule has 3 N–H and O–H groups in total. The highest BCUT2D eigenvalue weighted by Crippen LogP contribution is 2.23. The zero-order valence-electron chi connectivity index (χ0n) is 9.44. The van der Waals surface area contributed by atoms with Gasteiger partial charge in [0.05, 0.1) is 11.4 Å². The first-order valence-electron chi connectivity index (χ1n) is 5.52. The van der Waals surface area contributed by atoms with Crippen molar-refractivity contribution in [2.75, 3.05) is 17.6 Å². The van der Waals surface area contributed by atoms with E-state index in [-0.39, 0.29) is 0 Å². The third-order valence-electron chi connectivity index (χ3n) is 2.45. The first kappa shape index (κ1) is 12.0. The fraction of sp³-hybridized carbons (Fsp3) is 0.250. The zero-order valence-corrected chi connectivity index (χ0v) is 11.0. The highest BCUT2D eigenvalue weighted by Gasteiger charge is 1.99. The van der Waals surface area contributed by atoms with Crippen LogP contribution in [0.2, 0.25) is 0 Å². The molecule has 0 fully saturated rings. The van der Waals surface area contributed by atoms with Gasteiger partial charge in [-0.05, 0) is 30.7 Å². The van der Waals surface area contributed by atoms with Gasteiger partial charge in [0.25, 0.3) is 0 Å². The highest BCUT2D eigenvalue weighted by atomic mass is 79.9. The molecule has 0 amide bonds. The van der Waals surface area contributed by atoms with Crippen LogP contribution in [0, 0.1) is 0 Å². The van der Waals surface area contributed by atoms with E-state index < -0.39 is 0 Å². The van der Waals surface area contributed by atoms with Crippen LogP contribution < -0.4 is 11.1 Å². The molecule has 0 unspecified atom stereocenters. The first-order chi connectivity index (χ1) is 8.25. The summed E-state index contributed by atoms with van der Waals surface area (Å²) < 4.78 is 2.95. The van der Waals surface area contributed by atoms with E-state index in [0.717, 1.165) is 35.4 Å². The maximum Gasteiger partial charge on any atom is 0.0585 e. The summed E-state index contributed by atoms with van der Waals surface area (Å²) in [6, 6.07) is 7.74. The van der Waals surface area contributed by atoms with Gasteiger partial charge in [0.15, 0.2) is 0 Å². The van der Waals surface area contributed by atoms with Crippen molar-refractivity contribution in [2.24, 2.45) is 0 Å². The van der Waals surface area contributed by atoms with Crippen LogP contribution >= 0.6 is 15.9 Å². The van der Waals surface area contributed by atoms with Gasteiger partial charge in [-0.3, -0.25) is 4.68 Å². The number of anilines is 2. The fourth-order valence-electron chi connectivity index (χ4n) is 1.58. The van der Waals surface area contributed by atoms with Gasteiger partial charge < -0.3 is 11.1 Å². The van der Waals surface area contributed by atoms with Crippen LogP contribution in [-0.4, -0.2) is 16.3 Å². The quantitative estimate of drug-likeness (QED) is 0.658. The second-order valence-electron chi connectivity index (χ2n) is 3.78. The van der Waals surface area contributed by atoms with Crippen molar-refractivity contribution in [1.82, 2.24) is 9.78 Å². The predicted octanol–water partition coefficient (Wildman–Crippen LogP) is 2.73. The summed E-state index contributed by atoms with van der Waals surface area (Å²) >= 11 is 3.43. The number of nitrogens with one attached hydrogen (secondary N) is 1. The van der Waals surface area contributed by atoms with Gasteiger partial charge in [-0.1, -0.05) is 15.9 Å². The van der Waals surface area contributed by atoms with Crippen molar-refractivity contribution < 1.29 is 0 Å². The molecule has 0 aliphatic carbocycles. The van der Waals surface area contributed by atoms with Gasteiger partial charge in [-0.2, -0.15) is 5.10 Å². The average molecular weight is 295 g/mol. The van der Waals surface area contributed by atoms with Gasteiger partial charge in [-0.15, -0.1) is 0 Å². The SMILES string of the molecule is Nc1ccc(Br)cc1NCCCn1cccn1.